The van der Waals surface area contributed by atoms with Gasteiger partial charge in [-0.05, 0) is 17.7 Å². The summed E-state index contributed by atoms with van der Waals surface area (Å²) in [7, 11) is 1.45. The second-order valence-electron chi connectivity index (χ2n) is 4.48. The van der Waals surface area contributed by atoms with E-state index in [1.54, 1.807) is 12.1 Å². The highest BCUT2D eigenvalue weighted by Gasteiger charge is 2.09. The maximum Gasteiger partial charge on any atom is 0.180 e. The van der Waals surface area contributed by atoms with Gasteiger partial charge in [0, 0.05) is 11.3 Å². The molecule has 0 atom stereocenters. The average Bonchev–Trinajstić information content (AvgIpc) is 2.58. The lowest BCUT2D eigenvalue weighted by molar-refractivity contribution is 0.373. The first-order valence-electron chi connectivity index (χ1n) is 6.70. The third-order valence-corrected chi connectivity index (χ3v) is 4.16. The molecule has 0 fully saturated rings. The Hall–Kier alpha value is -2.18. The number of methoxy groups -OCH3 is 1. The van der Waals surface area contributed by atoms with Crippen LogP contribution in [0, 0.1) is 0 Å². The van der Waals surface area contributed by atoms with Crippen LogP contribution in [0.25, 0.3) is 0 Å². The fraction of sp³-hybridized carbons (Fsp3) is 0.125. The van der Waals surface area contributed by atoms with Gasteiger partial charge in [0.25, 0.3) is 0 Å². The first kappa shape index (κ1) is 17.2. The van der Waals surface area contributed by atoms with Gasteiger partial charge in [0.15, 0.2) is 16.7 Å². The van der Waals surface area contributed by atoms with E-state index < -0.39 is 0 Å². The molecule has 0 bridgehead atoms. The van der Waals surface area contributed by atoms with Crippen LogP contribution in [0.1, 0.15) is 11.1 Å². The van der Waals surface area contributed by atoms with Gasteiger partial charge in [0.1, 0.15) is 0 Å². The second kappa shape index (κ2) is 8.45. The molecule has 0 spiro atoms. The van der Waals surface area contributed by atoms with Gasteiger partial charge in [-0.3, -0.25) is 0 Å². The quantitative estimate of drug-likeness (QED) is 0.490. The summed E-state index contributed by atoms with van der Waals surface area (Å²) in [6, 6.07) is 13.2. The third kappa shape index (κ3) is 4.91. The Morgan fingerprint density at radius 3 is 2.74 bits per heavy atom. The standard InChI is InChI=1S/C16H16ClN3O2S/c1-22-13-8-7-12(14(17)15(13)21)9-19-20-16(18)23-10-11-5-3-2-4-6-11/h2-9,21H,10H2,1H3,(H2,18,20). The molecule has 120 valence electrons. The van der Waals surface area contributed by atoms with E-state index in [-0.39, 0.29) is 10.8 Å². The van der Waals surface area contributed by atoms with Crippen LogP contribution < -0.4 is 10.5 Å². The van der Waals surface area contributed by atoms with E-state index in [0.717, 1.165) is 11.3 Å². The second-order valence-corrected chi connectivity index (χ2v) is 5.85. The van der Waals surface area contributed by atoms with Crippen LogP contribution in [-0.2, 0) is 5.75 Å². The molecule has 2 aromatic rings. The van der Waals surface area contributed by atoms with Crippen LogP contribution in [0.4, 0.5) is 0 Å². The minimum absolute atomic E-state index is 0.131. The molecule has 3 N–H and O–H groups in total. The summed E-state index contributed by atoms with van der Waals surface area (Å²) in [5, 5.41) is 18.1. The number of ether oxygens (including phenoxy) is 1. The van der Waals surface area contributed by atoms with Crippen molar-refractivity contribution in [3.63, 3.8) is 0 Å². The predicted molar refractivity (Wildman–Crippen MR) is 96.6 cm³/mol. The van der Waals surface area contributed by atoms with Crippen molar-refractivity contribution in [2.24, 2.45) is 15.9 Å². The fourth-order valence-corrected chi connectivity index (χ4v) is 2.55. The molecule has 0 saturated heterocycles. The van der Waals surface area contributed by atoms with Crippen molar-refractivity contribution in [2.45, 2.75) is 5.75 Å². The van der Waals surface area contributed by atoms with E-state index in [2.05, 4.69) is 10.2 Å². The summed E-state index contributed by atoms with van der Waals surface area (Å²) in [4.78, 5) is 0. The van der Waals surface area contributed by atoms with Crippen molar-refractivity contribution in [1.82, 2.24) is 0 Å². The Bertz CT molecular complexity index is 721. The van der Waals surface area contributed by atoms with E-state index in [0.29, 0.717) is 16.5 Å². The molecule has 2 aromatic carbocycles. The smallest absolute Gasteiger partial charge is 0.180 e. The van der Waals surface area contributed by atoms with E-state index >= 15 is 0 Å². The van der Waals surface area contributed by atoms with Gasteiger partial charge >= 0.3 is 0 Å². The molecule has 0 radical (unpaired) electrons. The number of benzene rings is 2. The monoisotopic (exact) mass is 349 g/mol. The number of hydrogen-bond donors (Lipinski definition) is 2. The molecule has 0 aromatic heterocycles. The zero-order valence-corrected chi connectivity index (χ0v) is 14.0. The zero-order valence-electron chi connectivity index (χ0n) is 12.4. The molecule has 7 heteroatoms. The minimum atomic E-state index is -0.131. The molecule has 0 heterocycles. The maximum atomic E-state index is 9.81. The minimum Gasteiger partial charge on any atom is -0.503 e. The molecule has 0 aliphatic heterocycles. The normalized spacial score (nSPS) is 11.8. The Morgan fingerprint density at radius 1 is 1.30 bits per heavy atom. The highest BCUT2D eigenvalue weighted by molar-refractivity contribution is 8.13. The van der Waals surface area contributed by atoms with Gasteiger partial charge in [-0.25, -0.2) is 0 Å². The number of phenols is 1. The lowest BCUT2D eigenvalue weighted by atomic mass is 10.2. The predicted octanol–water partition coefficient (Wildman–Crippen LogP) is 3.64. The van der Waals surface area contributed by atoms with Crippen molar-refractivity contribution >= 4 is 34.7 Å². The number of rotatable bonds is 5. The summed E-state index contributed by atoms with van der Waals surface area (Å²) < 4.78 is 4.97. The van der Waals surface area contributed by atoms with E-state index in [9.17, 15) is 5.11 Å². The van der Waals surface area contributed by atoms with Crippen LogP contribution in [0.15, 0.2) is 52.7 Å². The first-order valence-corrected chi connectivity index (χ1v) is 8.07. The summed E-state index contributed by atoms with van der Waals surface area (Å²) in [6.07, 6.45) is 1.43. The van der Waals surface area contributed by atoms with Gasteiger partial charge in [-0.2, -0.15) is 5.10 Å². The number of amidine groups is 1. The first-order chi connectivity index (χ1) is 11.1. The molecular formula is C16H16ClN3O2S. The SMILES string of the molecule is COc1ccc(C=NN=C(N)SCc2ccccc2)c(Cl)c1O. The molecule has 0 aliphatic rings. The number of nitrogens with two attached hydrogens (primary N) is 1. The fourth-order valence-electron chi connectivity index (χ4n) is 1.74. The van der Waals surface area contributed by atoms with Crippen molar-refractivity contribution in [1.29, 1.82) is 0 Å². The molecule has 0 amide bonds. The van der Waals surface area contributed by atoms with Gasteiger partial charge in [0.05, 0.1) is 18.3 Å². The van der Waals surface area contributed by atoms with Gasteiger partial charge in [-0.15, -0.1) is 5.10 Å². The molecule has 0 saturated carbocycles. The molecule has 0 unspecified atom stereocenters. The molecular weight excluding hydrogens is 334 g/mol. The maximum absolute atomic E-state index is 9.81. The number of phenolic OH excluding ortho intramolecular Hbond substituents is 1. The zero-order chi connectivity index (χ0) is 16.7. The van der Waals surface area contributed by atoms with Gasteiger partial charge in [-0.1, -0.05) is 53.7 Å². The van der Waals surface area contributed by atoms with Crippen LogP contribution in [0.5, 0.6) is 11.5 Å². The lowest BCUT2D eigenvalue weighted by Crippen LogP contribution is -2.06. The van der Waals surface area contributed by atoms with Gasteiger partial charge in [0.2, 0.25) is 0 Å². The largest absolute Gasteiger partial charge is 0.503 e. The Kier molecular flexibility index (Phi) is 6.31. The van der Waals surface area contributed by atoms with Crippen LogP contribution in [0.3, 0.4) is 0 Å². The van der Waals surface area contributed by atoms with E-state index in [4.69, 9.17) is 22.1 Å². The van der Waals surface area contributed by atoms with E-state index in [1.165, 1.54) is 25.1 Å². The highest BCUT2D eigenvalue weighted by atomic mass is 35.5. The number of hydrogen-bond acceptors (Lipinski definition) is 5. The molecule has 0 aliphatic carbocycles. The Morgan fingerprint density at radius 2 is 2.04 bits per heavy atom. The van der Waals surface area contributed by atoms with Crippen molar-refractivity contribution in [3.05, 3.63) is 58.6 Å². The number of aromatic hydroxyl groups is 1. The van der Waals surface area contributed by atoms with Crippen LogP contribution in [-0.4, -0.2) is 23.6 Å². The number of nitrogens with zero attached hydrogens (tertiary/aromatic N) is 2. The van der Waals surface area contributed by atoms with Crippen LogP contribution in [0.2, 0.25) is 5.02 Å². The van der Waals surface area contributed by atoms with Crippen molar-refractivity contribution < 1.29 is 9.84 Å². The molecule has 2 rings (SSSR count). The van der Waals surface area contributed by atoms with Crippen molar-refractivity contribution in [2.75, 3.05) is 7.11 Å². The summed E-state index contributed by atoms with van der Waals surface area (Å²) in [5.74, 6) is 0.887. The summed E-state index contributed by atoms with van der Waals surface area (Å²) in [5.41, 5.74) is 7.47. The topological polar surface area (TPSA) is 80.2 Å². The Balaban J connectivity index is 1.98. The molecule has 23 heavy (non-hydrogen) atoms. The van der Waals surface area contributed by atoms with E-state index in [1.807, 2.05) is 30.3 Å². The third-order valence-electron chi connectivity index (χ3n) is 2.91. The number of thioether (sulfide) groups is 1. The Labute approximate surface area is 143 Å². The lowest BCUT2D eigenvalue weighted by Gasteiger charge is -2.06. The van der Waals surface area contributed by atoms with Gasteiger partial charge < -0.3 is 15.6 Å². The van der Waals surface area contributed by atoms with Crippen LogP contribution >= 0.6 is 23.4 Å². The van der Waals surface area contributed by atoms with Crippen molar-refractivity contribution in [3.8, 4) is 11.5 Å². The number of halogens is 1. The summed E-state index contributed by atoms with van der Waals surface area (Å²) >= 11 is 7.42. The molecule has 5 nitrogen and oxygen atoms in total. The average molecular weight is 350 g/mol. The highest BCUT2D eigenvalue weighted by Crippen LogP contribution is 2.35. The summed E-state index contributed by atoms with van der Waals surface area (Å²) in [6.45, 7) is 0.